The second-order valence-corrected chi connectivity index (χ2v) is 11.4. The lowest BCUT2D eigenvalue weighted by atomic mass is 9.96. The van der Waals surface area contributed by atoms with Gasteiger partial charge in [0.15, 0.2) is 11.4 Å². The number of benzene rings is 2. The van der Waals surface area contributed by atoms with E-state index in [2.05, 4.69) is 10.6 Å². The molecule has 1 aliphatic carbocycles. The van der Waals surface area contributed by atoms with Crippen LogP contribution in [0.2, 0.25) is 0 Å². The minimum Gasteiger partial charge on any atom is -0.485 e. The van der Waals surface area contributed by atoms with E-state index >= 15 is 0 Å². The summed E-state index contributed by atoms with van der Waals surface area (Å²) in [7, 11) is 0. The van der Waals surface area contributed by atoms with Crippen molar-refractivity contribution in [1.82, 2.24) is 20.0 Å². The first-order chi connectivity index (χ1) is 20.7. The first kappa shape index (κ1) is 32.4. The average molecular weight is 607 g/mol. The first-order valence-corrected chi connectivity index (χ1v) is 14.5. The standard InChI is InChI=1S/C33H36F2N4O4.CH4/c1-4-15-33(3,38-32(41)43-18-22-9-6-5-7-10-22)20-36-31(40)29-28(23-13-14-23)37-30-27(16-21(2)17-39(29)30)42-19-24-25(34)11-8-12-26(24)35;/h5-12,16-17,23H,4,13-15,18-20H2,1-3H3,(H,36,40)(H,38,41);1H4. The van der Waals surface area contributed by atoms with Crippen LogP contribution in [0.3, 0.4) is 0 Å². The molecule has 1 fully saturated rings. The van der Waals surface area contributed by atoms with Crippen LogP contribution in [0, 0.1) is 18.6 Å². The summed E-state index contributed by atoms with van der Waals surface area (Å²) in [6.45, 7) is 5.70. The van der Waals surface area contributed by atoms with E-state index in [9.17, 15) is 18.4 Å². The molecule has 2 heterocycles. The summed E-state index contributed by atoms with van der Waals surface area (Å²) in [4.78, 5) is 31.2. The lowest BCUT2D eigenvalue weighted by Crippen LogP contribution is -2.53. The van der Waals surface area contributed by atoms with Crippen molar-refractivity contribution in [2.24, 2.45) is 0 Å². The molecule has 2 aromatic carbocycles. The number of aryl methyl sites for hydroxylation is 1. The van der Waals surface area contributed by atoms with E-state index in [1.54, 1.807) is 16.7 Å². The van der Waals surface area contributed by atoms with Crippen LogP contribution in [0.4, 0.5) is 13.6 Å². The van der Waals surface area contributed by atoms with Crippen molar-refractivity contribution < 1.29 is 27.8 Å². The van der Waals surface area contributed by atoms with E-state index in [4.69, 9.17) is 14.5 Å². The largest absolute Gasteiger partial charge is 0.485 e. The van der Waals surface area contributed by atoms with Gasteiger partial charge in [-0.15, -0.1) is 0 Å². The van der Waals surface area contributed by atoms with Crippen LogP contribution in [-0.2, 0) is 18.0 Å². The van der Waals surface area contributed by atoms with Crippen LogP contribution in [-0.4, -0.2) is 33.5 Å². The zero-order valence-electron chi connectivity index (χ0n) is 24.6. The van der Waals surface area contributed by atoms with Crippen LogP contribution in [0.1, 0.15) is 85.7 Å². The lowest BCUT2D eigenvalue weighted by Gasteiger charge is -2.30. The highest BCUT2D eigenvalue weighted by atomic mass is 19.1. The highest BCUT2D eigenvalue weighted by molar-refractivity contribution is 5.95. The Hall–Kier alpha value is -4.47. The Bertz CT molecular complexity index is 1600. The van der Waals surface area contributed by atoms with Crippen molar-refractivity contribution in [3.8, 4) is 5.75 Å². The molecule has 0 aliphatic heterocycles. The number of alkyl carbamates (subject to hydrolysis) is 1. The third-order valence-corrected chi connectivity index (χ3v) is 7.52. The number of rotatable bonds is 12. The summed E-state index contributed by atoms with van der Waals surface area (Å²) in [6, 6.07) is 14.8. The summed E-state index contributed by atoms with van der Waals surface area (Å²) < 4.78 is 41.5. The minimum absolute atomic E-state index is 0. The zero-order chi connectivity index (χ0) is 30.6. The second kappa shape index (κ2) is 13.9. The van der Waals surface area contributed by atoms with Gasteiger partial charge in [-0.05, 0) is 62.4 Å². The van der Waals surface area contributed by atoms with Gasteiger partial charge in [-0.1, -0.05) is 57.2 Å². The summed E-state index contributed by atoms with van der Waals surface area (Å²) in [5, 5.41) is 5.94. The van der Waals surface area contributed by atoms with Crippen LogP contribution >= 0.6 is 0 Å². The molecule has 1 atom stereocenters. The molecule has 2 aromatic heterocycles. The van der Waals surface area contributed by atoms with Gasteiger partial charge in [0.1, 0.15) is 30.5 Å². The van der Waals surface area contributed by atoms with E-state index in [0.29, 0.717) is 29.2 Å². The van der Waals surface area contributed by atoms with Gasteiger partial charge >= 0.3 is 6.09 Å². The van der Waals surface area contributed by atoms with E-state index in [0.717, 1.165) is 30.4 Å². The van der Waals surface area contributed by atoms with Gasteiger partial charge < -0.3 is 20.1 Å². The Morgan fingerprint density at radius 1 is 1.07 bits per heavy atom. The van der Waals surface area contributed by atoms with Gasteiger partial charge in [-0.2, -0.15) is 0 Å². The summed E-state index contributed by atoms with van der Waals surface area (Å²) in [5.41, 5.74) is 2.15. The fourth-order valence-electron chi connectivity index (χ4n) is 5.17. The number of imidazole rings is 1. The molecule has 8 nitrogen and oxygen atoms in total. The Balaban J connectivity index is 0.00000442. The molecule has 44 heavy (non-hydrogen) atoms. The van der Waals surface area contributed by atoms with Crippen molar-refractivity contribution in [3.63, 3.8) is 0 Å². The number of nitrogens with one attached hydrogen (secondary N) is 2. The van der Waals surface area contributed by atoms with Crippen molar-refractivity contribution in [2.45, 2.75) is 78.6 Å². The fourth-order valence-corrected chi connectivity index (χ4v) is 5.17. The highest BCUT2D eigenvalue weighted by Crippen LogP contribution is 2.42. The number of amides is 2. The highest BCUT2D eigenvalue weighted by Gasteiger charge is 2.35. The van der Waals surface area contributed by atoms with Gasteiger partial charge in [0.25, 0.3) is 5.91 Å². The first-order valence-electron chi connectivity index (χ1n) is 14.5. The maximum Gasteiger partial charge on any atom is 0.407 e. The Kier molecular flexibility index (Phi) is 10.2. The Morgan fingerprint density at radius 3 is 2.43 bits per heavy atom. The topological polar surface area (TPSA) is 94.0 Å². The number of fused-ring (bicyclic) bond motifs is 1. The third-order valence-electron chi connectivity index (χ3n) is 7.52. The van der Waals surface area contributed by atoms with E-state index in [1.807, 2.05) is 51.1 Å². The maximum absolute atomic E-state index is 14.2. The predicted octanol–water partition coefficient (Wildman–Crippen LogP) is 7.23. The molecule has 234 valence electrons. The van der Waals surface area contributed by atoms with Gasteiger partial charge in [-0.25, -0.2) is 18.6 Å². The van der Waals surface area contributed by atoms with Crippen LogP contribution in [0.25, 0.3) is 5.65 Å². The predicted molar refractivity (Wildman–Crippen MR) is 165 cm³/mol. The molecule has 1 aliphatic rings. The summed E-state index contributed by atoms with van der Waals surface area (Å²) in [5.74, 6) is -1.28. The molecular weight excluding hydrogens is 566 g/mol. The van der Waals surface area contributed by atoms with Crippen LogP contribution in [0.5, 0.6) is 5.75 Å². The number of pyridine rings is 1. The number of hydrogen-bond donors (Lipinski definition) is 2. The number of ether oxygens (including phenoxy) is 2. The van der Waals surface area contributed by atoms with Crippen molar-refractivity contribution in [2.75, 3.05) is 6.54 Å². The quantitative estimate of drug-likeness (QED) is 0.178. The molecule has 10 heteroatoms. The molecule has 0 radical (unpaired) electrons. The fraction of sp³-hybridized carbons (Fsp3) is 0.382. The number of nitrogens with zero attached hydrogens (tertiary/aromatic N) is 2. The minimum atomic E-state index is -0.758. The molecule has 5 rings (SSSR count). The summed E-state index contributed by atoms with van der Waals surface area (Å²) in [6.07, 6.45) is 4.43. The average Bonchev–Trinajstić information content (AvgIpc) is 3.75. The van der Waals surface area contributed by atoms with Crippen molar-refractivity contribution >= 4 is 17.6 Å². The molecule has 4 aromatic rings. The maximum atomic E-state index is 14.2. The van der Waals surface area contributed by atoms with Crippen molar-refractivity contribution in [3.05, 3.63) is 101 Å². The molecule has 1 unspecified atom stereocenters. The van der Waals surface area contributed by atoms with Crippen molar-refractivity contribution in [1.29, 1.82) is 0 Å². The normalized spacial score (nSPS) is 13.9. The Labute approximate surface area is 256 Å². The second-order valence-electron chi connectivity index (χ2n) is 11.4. The third kappa shape index (κ3) is 7.53. The smallest absolute Gasteiger partial charge is 0.407 e. The van der Waals surface area contributed by atoms with Gasteiger partial charge in [0, 0.05) is 18.7 Å². The van der Waals surface area contributed by atoms with E-state index < -0.39 is 23.3 Å². The van der Waals surface area contributed by atoms with E-state index in [1.165, 1.54) is 18.2 Å². The van der Waals surface area contributed by atoms with E-state index in [-0.39, 0.29) is 44.6 Å². The molecule has 2 amide bonds. The zero-order valence-corrected chi connectivity index (χ0v) is 24.6. The number of halogens is 2. The molecule has 2 N–H and O–H groups in total. The number of carbonyl (C=O) groups is 2. The van der Waals surface area contributed by atoms with Gasteiger partial charge in [0.2, 0.25) is 0 Å². The lowest BCUT2D eigenvalue weighted by molar-refractivity contribution is 0.0921. The molecule has 0 bridgehead atoms. The number of aromatic nitrogens is 2. The molecule has 1 saturated carbocycles. The van der Waals surface area contributed by atoms with Crippen LogP contribution < -0.4 is 15.4 Å². The van der Waals surface area contributed by atoms with Crippen LogP contribution in [0.15, 0.2) is 60.8 Å². The number of carbonyl (C=O) groups excluding carboxylic acids is 2. The Morgan fingerprint density at radius 2 is 1.77 bits per heavy atom. The van der Waals surface area contributed by atoms with Gasteiger partial charge in [0.05, 0.1) is 16.8 Å². The number of hydrogen-bond acceptors (Lipinski definition) is 5. The molecule has 0 saturated heterocycles. The van der Waals surface area contributed by atoms with Gasteiger partial charge in [-0.3, -0.25) is 9.20 Å². The monoisotopic (exact) mass is 606 g/mol. The summed E-state index contributed by atoms with van der Waals surface area (Å²) >= 11 is 0. The molecular formula is C34H40F2N4O4. The SMILES string of the molecule is C.CCCC(C)(CNC(=O)c1c(C2CC2)nc2c(OCc3c(F)cccc3F)cc(C)cn12)NC(=O)OCc1ccccc1. The molecule has 0 spiro atoms.